The average Bonchev–Trinajstić information content (AvgIpc) is 2.84. The number of aromatic amines is 1. The standard InChI is InChI=1S/C27H32ClN5O4/c1-26(2,3)37-25(36)31-16-27(17-6-4-7-18(28)14-17)11-9-19(10-12-27)33-24(35)21(29)15-22(32-33)20-8-5-13-30-23(20)34/h4-8,13-15,19H,9-12,16,29H2,1-3H3,(H,30,34)(H,31,36). The minimum atomic E-state index is -0.608. The number of nitrogen functional groups attached to an aromatic ring is 1. The van der Waals surface area contributed by atoms with Gasteiger partial charge in [-0.05, 0) is 82.3 Å². The first-order valence-corrected chi connectivity index (χ1v) is 12.7. The Hall–Kier alpha value is -3.59. The van der Waals surface area contributed by atoms with Crippen LogP contribution < -0.4 is 22.2 Å². The summed E-state index contributed by atoms with van der Waals surface area (Å²) in [6, 6.07) is 12.2. The van der Waals surface area contributed by atoms with Gasteiger partial charge in [-0.15, -0.1) is 0 Å². The maximum Gasteiger partial charge on any atom is 0.407 e. The predicted molar refractivity (Wildman–Crippen MR) is 144 cm³/mol. The Morgan fingerprint density at radius 1 is 1.22 bits per heavy atom. The molecule has 2 heterocycles. The van der Waals surface area contributed by atoms with Gasteiger partial charge in [0.05, 0.1) is 17.3 Å². The Morgan fingerprint density at radius 2 is 1.95 bits per heavy atom. The van der Waals surface area contributed by atoms with Gasteiger partial charge in [0, 0.05) is 23.2 Å². The third kappa shape index (κ3) is 6.05. The molecule has 4 N–H and O–H groups in total. The summed E-state index contributed by atoms with van der Waals surface area (Å²) in [6.07, 6.45) is 3.61. The van der Waals surface area contributed by atoms with Crippen LogP contribution in [0.2, 0.25) is 5.02 Å². The third-order valence-electron chi connectivity index (χ3n) is 6.72. The second kappa shape index (κ2) is 10.4. The molecule has 0 unspecified atom stereocenters. The Bertz CT molecular complexity index is 1400. The highest BCUT2D eigenvalue weighted by Gasteiger charge is 2.39. The number of carbonyl (C=O) groups excluding carboxylic acids is 1. The van der Waals surface area contributed by atoms with Crippen LogP contribution in [0.1, 0.15) is 58.1 Å². The van der Waals surface area contributed by atoms with E-state index in [1.807, 2.05) is 45.0 Å². The predicted octanol–water partition coefficient (Wildman–Crippen LogP) is 4.41. The van der Waals surface area contributed by atoms with Crippen molar-refractivity contribution in [1.82, 2.24) is 20.1 Å². The van der Waals surface area contributed by atoms with Gasteiger partial charge in [0.2, 0.25) is 0 Å². The number of hydrogen-bond acceptors (Lipinski definition) is 6. The first-order valence-electron chi connectivity index (χ1n) is 12.3. The molecule has 2 aromatic heterocycles. The number of H-pyrrole nitrogens is 1. The minimum Gasteiger partial charge on any atom is -0.444 e. The van der Waals surface area contributed by atoms with Gasteiger partial charge < -0.3 is 20.8 Å². The van der Waals surface area contributed by atoms with E-state index in [2.05, 4.69) is 15.4 Å². The van der Waals surface area contributed by atoms with Gasteiger partial charge in [-0.3, -0.25) is 9.59 Å². The van der Waals surface area contributed by atoms with E-state index < -0.39 is 17.1 Å². The zero-order chi connectivity index (χ0) is 26.8. The van der Waals surface area contributed by atoms with E-state index in [0.717, 1.165) is 5.56 Å². The molecule has 0 saturated heterocycles. The smallest absolute Gasteiger partial charge is 0.407 e. The van der Waals surface area contributed by atoms with Crippen LogP contribution in [0, 0.1) is 0 Å². The molecule has 1 aliphatic rings. The maximum atomic E-state index is 13.0. The molecule has 0 aliphatic heterocycles. The summed E-state index contributed by atoms with van der Waals surface area (Å²) in [5.41, 5.74) is 6.08. The maximum absolute atomic E-state index is 13.0. The van der Waals surface area contributed by atoms with E-state index in [0.29, 0.717) is 48.5 Å². The number of rotatable bonds is 5. The molecule has 0 spiro atoms. The lowest BCUT2D eigenvalue weighted by Crippen LogP contribution is -2.45. The lowest BCUT2D eigenvalue weighted by molar-refractivity contribution is 0.0504. The molecule has 4 rings (SSSR count). The van der Waals surface area contributed by atoms with Crippen molar-refractivity contribution in [3.05, 3.63) is 80.0 Å². The zero-order valence-electron chi connectivity index (χ0n) is 21.2. The Labute approximate surface area is 220 Å². The molecule has 0 atom stereocenters. The molecule has 1 aliphatic carbocycles. The fraction of sp³-hybridized carbons (Fsp3) is 0.407. The van der Waals surface area contributed by atoms with Crippen molar-refractivity contribution in [2.45, 2.75) is 63.5 Å². The number of carbonyl (C=O) groups is 1. The van der Waals surface area contributed by atoms with Crippen molar-refractivity contribution in [3.8, 4) is 11.3 Å². The lowest BCUT2D eigenvalue weighted by atomic mass is 9.68. The number of pyridine rings is 1. The number of ether oxygens (including phenoxy) is 1. The summed E-state index contributed by atoms with van der Waals surface area (Å²) in [5.74, 6) is 0. The normalized spacial score (nSPS) is 19.8. The fourth-order valence-electron chi connectivity index (χ4n) is 4.88. The number of nitrogens with zero attached hydrogens (tertiary/aromatic N) is 2. The Balaban J connectivity index is 1.61. The van der Waals surface area contributed by atoms with Crippen molar-refractivity contribution in [2.24, 2.45) is 0 Å². The molecule has 196 valence electrons. The summed E-state index contributed by atoms with van der Waals surface area (Å²) >= 11 is 6.32. The van der Waals surface area contributed by atoms with Crippen molar-refractivity contribution in [2.75, 3.05) is 12.3 Å². The van der Waals surface area contributed by atoms with Gasteiger partial charge in [-0.2, -0.15) is 5.10 Å². The molecule has 10 heteroatoms. The van der Waals surface area contributed by atoms with Crippen LogP contribution in [0.3, 0.4) is 0 Å². The largest absolute Gasteiger partial charge is 0.444 e. The first-order chi connectivity index (χ1) is 17.5. The van der Waals surface area contributed by atoms with Crippen molar-refractivity contribution in [3.63, 3.8) is 0 Å². The van der Waals surface area contributed by atoms with Crippen LogP contribution in [0.25, 0.3) is 11.3 Å². The van der Waals surface area contributed by atoms with E-state index in [1.165, 1.54) is 16.9 Å². The fourth-order valence-corrected chi connectivity index (χ4v) is 5.07. The number of halogens is 1. The highest BCUT2D eigenvalue weighted by Crippen LogP contribution is 2.43. The summed E-state index contributed by atoms with van der Waals surface area (Å²) in [7, 11) is 0. The second-order valence-electron chi connectivity index (χ2n) is 10.5. The van der Waals surface area contributed by atoms with Crippen molar-refractivity contribution >= 4 is 23.4 Å². The second-order valence-corrected chi connectivity index (χ2v) is 11.0. The highest BCUT2D eigenvalue weighted by atomic mass is 35.5. The number of hydrogen-bond donors (Lipinski definition) is 3. The van der Waals surface area contributed by atoms with E-state index in [9.17, 15) is 14.4 Å². The Morgan fingerprint density at radius 3 is 2.59 bits per heavy atom. The summed E-state index contributed by atoms with van der Waals surface area (Å²) in [6.45, 7) is 5.81. The van der Waals surface area contributed by atoms with E-state index in [-0.39, 0.29) is 22.8 Å². The SMILES string of the molecule is CC(C)(C)OC(=O)NCC1(c2cccc(Cl)c2)CCC(n2nc(-c3ccc[nH]c3=O)cc(N)c2=O)CC1. The third-order valence-corrected chi connectivity index (χ3v) is 6.96. The van der Waals surface area contributed by atoms with Gasteiger partial charge in [-0.25, -0.2) is 9.48 Å². The molecule has 3 aromatic rings. The number of amides is 1. The monoisotopic (exact) mass is 525 g/mol. The van der Waals surface area contributed by atoms with Gasteiger partial charge in [0.15, 0.2) is 0 Å². The first kappa shape index (κ1) is 26.5. The van der Waals surface area contributed by atoms with Gasteiger partial charge >= 0.3 is 6.09 Å². The zero-order valence-corrected chi connectivity index (χ0v) is 22.0. The summed E-state index contributed by atoms with van der Waals surface area (Å²) in [5, 5.41) is 8.08. The summed E-state index contributed by atoms with van der Waals surface area (Å²) < 4.78 is 6.85. The molecule has 1 fully saturated rings. The van der Waals surface area contributed by atoms with Crippen molar-refractivity contribution < 1.29 is 9.53 Å². The Kier molecular flexibility index (Phi) is 7.45. The van der Waals surface area contributed by atoms with Crippen LogP contribution >= 0.6 is 11.6 Å². The number of anilines is 1. The average molecular weight is 526 g/mol. The molecule has 37 heavy (non-hydrogen) atoms. The number of alkyl carbamates (subject to hydrolysis) is 1. The highest BCUT2D eigenvalue weighted by molar-refractivity contribution is 6.30. The number of nitrogens with one attached hydrogen (secondary N) is 2. The van der Waals surface area contributed by atoms with Crippen LogP contribution in [0.4, 0.5) is 10.5 Å². The molecule has 1 saturated carbocycles. The topological polar surface area (TPSA) is 132 Å². The molecule has 0 radical (unpaired) electrons. The molecule has 9 nitrogen and oxygen atoms in total. The summed E-state index contributed by atoms with van der Waals surface area (Å²) in [4.78, 5) is 40.3. The quantitative estimate of drug-likeness (QED) is 0.452. The molecule has 0 bridgehead atoms. The van der Waals surface area contributed by atoms with Gasteiger partial charge in [0.25, 0.3) is 11.1 Å². The molecular weight excluding hydrogens is 494 g/mol. The number of aromatic nitrogens is 3. The van der Waals surface area contributed by atoms with Crippen LogP contribution in [0.5, 0.6) is 0 Å². The molecule has 1 aromatic carbocycles. The van der Waals surface area contributed by atoms with Crippen molar-refractivity contribution in [1.29, 1.82) is 0 Å². The van der Waals surface area contributed by atoms with Gasteiger partial charge in [-0.1, -0.05) is 23.7 Å². The van der Waals surface area contributed by atoms with Crippen LogP contribution in [-0.4, -0.2) is 33.0 Å². The van der Waals surface area contributed by atoms with E-state index >= 15 is 0 Å². The number of nitrogens with two attached hydrogens (primary N) is 1. The van der Waals surface area contributed by atoms with E-state index in [4.69, 9.17) is 22.1 Å². The molecule has 1 amide bonds. The molecular formula is C27H32ClN5O4. The van der Waals surface area contributed by atoms with Gasteiger partial charge in [0.1, 0.15) is 11.3 Å². The number of benzene rings is 1. The minimum absolute atomic E-state index is 0.0338. The van der Waals surface area contributed by atoms with Crippen LogP contribution in [0.15, 0.2) is 58.3 Å². The van der Waals surface area contributed by atoms with Crippen LogP contribution in [-0.2, 0) is 10.2 Å². The van der Waals surface area contributed by atoms with E-state index in [1.54, 1.807) is 12.1 Å². The lowest BCUT2D eigenvalue weighted by Gasteiger charge is -2.41.